The van der Waals surface area contributed by atoms with E-state index < -0.39 is 33.6 Å². The molecule has 1 saturated heterocycles. The van der Waals surface area contributed by atoms with Crippen LogP contribution in [-0.2, 0) is 21.4 Å². The lowest BCUT2D eigenvalue weighted by Crippen LogP contribution is -2.45. The van der Waals surface area contributed by atoms with Gasteiger partial charge in [-0.25, -0.2) is 17.2 Å². The smallest absolute Gasteiger partial charge is 0.243 e. The number of halogens is 3. The van der Waals surface area contributed by atoms with Crippen molar-refractivity contribution >= 4 is 27.5 Å². The third-order valence-electron chi connectivity index (χ3n) is 4.94. The van der Waals surface area contributed by atoms with E-state index in [1.54, 1.807) is 0 Å². The van der Waals surface area contributed by atoms with Crippen LogP contribution in [-0.4, -0.2) is 31.2 Å². The molecule has 0 aliphatic carbocycles. The lowest BCUT2D eigenvalue weighted by atomic mass is 10.0. The summed E-state index contributed by atoms with van der Waals surface area (Å²) in [4.78, 5) is 12.5. The first kappa shape index (κ1) is 21.7. The minimum absolute atomic E-state index is 0.0805. The number of hydrogen-bond acceptors (Lipinski definition) is 3. The molecule has 29 heavy (non-hydrogen) atoms. The van der Waals surface area contributed by atoms with Crippen molar-refractivity contribution in [1.29, 1.82) is 0 Å². The first-order valence-corrected chi connectivity index (χ1v) is 11.1. The summed E-state index contributed by atoms with van der Waals surface area (Å²) in [5.74, 6) is -1.94. The van der Waals surface area contributed by atoms with Crippen LogP contribution in [0.15, 0.2) is 47.4 Å². The van der Waals surface area contributed by atoms with Crippen LogP contribution < -0.4 is 5.32 Å². The summed E-state index contributed by atoms with van der Waals surface area (Å²) < 4.78 is 54.8. The van der Waals surface area contributed by atoms with Gasteiger partial charge in [-0.3, -0.25) is 4.79 Å². The van der Waals surface area contributed by atoms with Crippen LogP contribution in [0.1, 0.15) is 31.2 Å². The molecule has 0 radical (unpaired) electrons. The Bertz CT molecular complexity index is 963. The first-order chi connectivity index (χ1) is 13.8. The molecule has 0 aromatic heterocycles. The molecule has 5 nitrogen and oxygen atoms in total. The van der Waals surface area contributed by atoms with E-state index in [0.29, 0.717) is 24.4 Å². The molecule has 1 amide bonds. The van der Waals surface area contributed by atoms with Gasteiger partial charge >= 0.3 is 0 Å². The third-order valence-corrected chi connectivity index (χ3v) is 7.16. The maximum atomic E-state index is 13.7. The van der Waals surface area contributed by atoms with E-state index in [1.807, 2.05) is 0 Å². The Morgan fingerprint density at radius 1 is 1.10 bits per heavy atom. The van der Waals surface area contributed by atoms with Gasteiger partial charge < -0.3 is 5.32 Å². The molecule has 2 aromatic rings. The second kappa shape index (κ2) is 9.19. The Labute approximate surface area is 173 Å². The van der Waals surface area contributed by atoms with E-state index in [9.17, 15) is 22.0 Å². The van der Waals surface area contributed by atoms with Crippen molar-refractivity contribution in [1.82, 2.24) is 9.62 Å². The minimum atomic E-state index is -3.78. The normalized spacial score (nSPS) is 17.8. The molecule has 1 heterocycles. The molecule has 0 unspecified atom stereocenters. The van der Waals surface area contributed by atoms with Gasteiger partial charge in [-0.2, -0.15) is 4.31 Å². The van der Waals surface area contributed by atoms with E-state index >= 15 is 0 Å². The maximum Gasteiger partial charge on any atom is 0.243 e. The summed E-state index contributed by atoms with van der Waals surface area (Å²) in [6, 6.07) is 8.84. The van der Waals surface area contributed by atoms with Crippen LogP contribution >= 0.6 is 11.6 Å². The average molecular weight is 443 g/mol. The summed E-state index contributed by atoms with van der Waals surface area (Å²) in [6.07, 6.45) is 1.95. The molecule has 1 fully saturated rings. The summed E-state index contributed by atoms with van der Waals surface area (Å²) in [6.45, 7) is 0.0127. The summed E-state index contributed by atoms with van der Waals surface area (Å²) in [7, 11) is -3.78. The highest BCUT2D eigenvalue weighted by molar-refractivity contribution is 7.89. The Hall–Kier alpha value is -2.03. The fourth-order valence-electron chi connectivity index (χ4n) is 3.41. The van der Waals surface area contributed by atoms with Crippen LogP contribution in [0, 0.1) is 11.6 Å². The van der Waals surface area contributed by atoms with Gasteiger partial charge in [-0.15, -0.1) is 0 Å². The largest absolute Gasteiger partial charge is 0.352 e. The zero-order valence-corrected chi connectivity index (χ0v) is 17.1. The molecule has 1 aliphatic heterocycles. The molecule has 2 aromatic carbocycles. The van der Waals surface area contributed by atoms with E-state index in [2.05, 4.69) is 5.32 Å². The lowest BCUT2D eigenvalue weighted by molar-refractivity contribution is -0.122. The molecule has 1 N–H and O–H groups in total. The van der Waals surface area contributed by atoms with Gasteiger partial charge in [0.2, 0.25) is 15.9 Å². The highest BCUT2D eigenvalue weighted by Gasteiger charge is 2.34. The van der Waals surface area contributed by atoms with Crippen LogP contribution in [0.3, 0.4) is 0 Å². The topological polar surface area (TPSA) is 66.5 Å². The summed E-state index contributed by atoms with van der Waals surface area (Å²) in [5.41, 5.74) is -0.227. The fourth-order valence-corrected chi connectivity index (χ4v) is 5.23. The van der Waals surface area contributed by atoms with Crippen molar-refractivity contribution in [3.8, 4) is 0 Å². The number of piperidine rings is 1. The molecule has 1 atom stereocenters. The van der Waals surface area contributed by atoms with Crippen LogP contribution in [0.4, 0.5) is 8.78 Å². The number of nitrogens with one attached hydrogen (secondary N) is 1. The number of amides is 1. The Balaban J connectivity index is 1.69. The lowest BCUT2D eigenvalue weighted by Gasteiger charge is -2.34. The molecule has 9 heteroatoms. The second-order valence-electron chi connectivity index (χ2n) is 6.90. The molecule has 0 bridgehead atoms. The third kappa shape index (κ3) is 5.12. The predicted molar refractivity (Wildman–Crippen MR) is 106 cm³/mol. The fraction of sp³-hybridized carbons (Fsp3) is 0.350. The van der Waals surface area contributed by atoms with E-state index in [1.165, 1.54) is 34.6 Å². The number of nitrogens with zero attached hydrogens (tertiary/aromatic N) is 1. The van der Waals surface area contributed by atoms with Crippen molar-refractivity contribution in [3.05, 3.63) is 64.7 Å². The predicted octanol–water partition coefficient (Wildman–Crippen LogP) is 3.87. The van der Waals surface area contributed by atoms with Gasteiger partial charge in [-0.1, -0.05) is 24.1 Å². The van der Waals surface area contributed by atoms with Crippen molar-refractivity contribution in [2.24, 2.45) is 0 Å². The number of hydrogen-bond donors (Lipinski definition) is 1. The maximum absolute atomic E-state index is 13.7. The second-order valence-corrected chi connectivity index (χ2v) is 9.23. The summed E-state index contributed by atoms with van der Waals surface area (Å²) >= 11 is 5.84. The molecule has 0 spiro atoms. The minimum Gasteiger partial charge on any atom is -0.352 e. The first-order valence-electron chi connectivity index (χ1n) is 9.26. The number of rotatable bonds is 6. The number of carbonyl (C=O) groups excluding carboxylic acids is 1. The Morgan fingerprint density at radius 3 is 2.41 bits per heavy atom. The van der Waals surface area contributed by atoms with Gasteiger partial charge in [0.15, 0.2) is 0 Å². The quantitative estimate of drug-likeness (QED) is 0.738. The van der Waals surface area contributed by atoms with Gasteiger partial charge in [0, 0.05) is 36.1 Å². The molecule has 3 rings (SSSR count). The molecular formula is C20H21ClF2N2O3S. The van der Waals surface area contributed by atoms with E-state index in [4.69, 9.17) is 11.6 Å². The van der Waals surface area contributed by atoms with Crippen molar-refractivity contribution < 1.29 is 22.0 Å². The zero-order chi connectivity index (χ0) is 21.0. The van der Waals surface area contributed by atoms with Crippen LogP contribution in [0.25, 0.3) is 0 Å². The molecule has 0 saturated carbocycles. The van der Waals surface area contributed by atoms with Gasteiger partial charge in [0.25, 0.3) is 0 Å². The highest BCUT2D eigenvalue weighted by Crippen LogP contribution is 2.28. The molecule has 1 aliphatic rings. The van der Waals surface area contributed by atoms with Gasteiger partial charge in [0.1, 0.15) is 11.6 Å². The summed E-state index contributed by atoms with van der Waals surface area (Å²) in [5, 5.41) is 2.92. The molecule has 156 valence electrons. The molecular weight excluding hydrogens is 422 g/mol. The standard InChI is InChI=1S/C20H21ClF2N2O3S/c21-14-7-9-16(10-8-14)29(27,28)25-11-2-1-4-15(25)12-20(26)24-13-17-18(22)5-3-6-19(17)23/h3,5-10,15H,1-2,4,11-13H2,(H,24,26)/t15-/m0/s1. The SMILES string of the molecule is O=C(C[C@@H]1CCCCN1S(=O)(=O)c1ccc(Cl)cc1)NCc1c(F)cccc1F. The zero-order valence-electron chi connectivity index (χ0n) is 15.6. The number of sulfonamides is 1. The average Bonchev–Trinajstić information content (AvgIpc) is 2.68. The number of carbonyl (C=O) groups is 1. The van der Waals surface area contributed by atoms with Crippen molar-refractivity contribution in [2.45, 2.75) is 43.2 Å². The van der Waals surface area contributed by atoms with Crippen LogP contribution in [0.2, 0.25) is 5.02 Å². The number of benzene rings is 2. The Morgan fingerprint density at radius 2 is 1.76 bits per heavy atom. The van der Waals surface area contributed by atoms with Crippen LogP contribution in [0.5, 0.6) is 0 Å². The van der Waals surface area contributed by atoms with Crippen molar-refractivity contribution in [2.75, 3.05) is 6.54 Å². The van der Waals surface area contributed by atoms with Crippen molar-refractivity contribution in [3.63, 3.8) is 0 Å². The van der Waals surface area contributed by atoms with Gasteiger partial charge in [-0.05, 0) is 49.2 Å². The Kier molecular flexibility index (Phi) is 6.87. The van der Waals surface area contributed by atoms with Gasteiger partial charge in [0.05, 0.1) is 4.90 Å². The monoisotopic (exact) mass is 442 g/mol. The highest BCUT2D eigenvalue weighted by atomic mass is 35.5. The van der Waals surface area contributed by atoms with E-state index in [0.717, 1.165) is 18.6 Å². The van der Waals surface area contributed by atoms with E-state index in [-0.39, 0.29) is 23.4 Å².